The molecule has 3 saturated carbocycles. The van der Waals surface area contributed by atoms with Gasteiger partial charge in [0.05, 0.1) is 3.79 Å². The second kappa shape index (κ2) is 4.31. The molecule has 1 aromatic heterocycles. The van der Waals surface area contributed by atoms with Gasteiger partial charge in [-0.3, -0.25) is 0 Å². The number of thiophene rings is 1. The van der Waals surface area contributed by atoms with Crippen LogP contribution in [-0.4, -0.2) is 7.05 Å². The van der Waals surface area contributed by atoms with Crippen molar-refractivity contribution in [3.63, 3.8) is 0 Å². The van der Waals surface area contributed by atoms with Gasteiger partial charge < -0.3 is 5.32 Å². The van der Waals surface area contributed by atoms with Crippen LogP contribution in [0.1, 0.15) is 30.2 Å². The molecule has 4 heteroatoms. The van der Waals surface area contributed by atoms with E-state index in [-0.39, 0.29) is 0 Å². The zero-order chi connectivity index (χ0) is 12.4. The maximum Gasteiger partial charge on any atom is 0.0843 e. The fourth-order valence-corrected chi connectivity index (χ4v) is 7.14. The molecule has 3 fully saturated rings. The van der Waals surface area contributed by atoms with Crippen molar-refractivity contribution in [2.24, 2.45) is 29.6 Å². The van der Waals surface area contributed by atoms with E-state index in [2.05, 4.69) is 50.3 Å². The monoisotopic (exact) mass is 389 g/mol. The minimum atomic E-state index is 0.580. The van der Waals surface area contributed by atoms with Gasteiger partial charge in [-0.05, 0) is 93.8 Å². The number of nitrogens with one attached hydrogen (secondary N) is 1. The lowest BCUT2D eigenvalue weighted by molar-refractivity contribution is 0.389. The Bertz CT molecular complexity index is 451. The van der Waals surface area contributed by atoms with Crippen LogP contribution >= 0.6 is 43.2 Å². The van der Waals surface area contributed by atoms with Gasteiger partial charge in [0, 0.05) is 15.4 Å². The molecule has 0 spiro atoms. The van der Waals surface area contributed by atoms with Crippen molar-refractivity contribution in [1.82, 2.24) is 5.32 Å². The standard InChI is InChI=1S/C14H17Br2NS/c1-17-13(9-5-8(15)14(16)18-9)12-10-6-2-3-7(4-6)11(10)12/h5-7,10-13,17H,2-4H2,1H3. The van der Waals surface area contributed by atoms with E-state index in [1.54, 1.807) is 6.42 Å². The zero-order valence-corrected chi connectivity index (χ0v) is 14.3. The van der Waals surface area contributed by atoms with Crippen molar-refractivity contribution in [1.29, 1.82) is 0 Å². The van der Waals surface area contributed by atoms with E-state index >= 15 is 0 Å². The smallest absolute Gasteiger partial charge is 0.0843 e. The highest BCUT2D eigenvalue weighted by atomic mass is 79.9. The van der Waals surface area contributed by atoms with Gasteiger partial charge in [0.2, 0.25) is 0 Å². The Labute approximate surface area is 129 Å². The van der Waals surface area contributed by atoms with Crippen molar-refractivity contribution >= 4 is 43.2 Å². The lowest BCUT2D eigenvalue weighted by Gasteiger charge is -2.18. The summed E-state index contributed by atoms with van der Waals surface area (Å²) in [6.07, 6.45) is 4.56. The van der Waals surface area contributed by atoms with Crippen LogP contribution in [0.5, 0.6) is 0 Å². The fourth-order valence-electron chi connectivity index (χ4n) is 4.88. The minimum Gasteiger partial charge on any atom is -0.312 e. The topological polar surface area (TPSA) is 12.0 Å². The normalized spacial score (nSPS) is 42.1. The number of rotatable bonds is 3. The Morgan fingerprint density at radius 3 is 2.44 bits per heavy atom. The van der Waals surface area contributed by atoms with Crippen LogP contribution in [-0.2, 0) is 0 Å². The van der Waals surface area contributed by atoms with E-state index in [4.69, 9.17) is 0 Å². The van der Waals surface area contributed by atoms with Crippen molar-refractivity contribution in [3.8, 4) is 0 Å². The average molecular weight is 391 g/mol. The Morgan fingerprint density at radius 2 is 1.94 bits per heavy atom. The third-order valence-electron chi connectivity index (χ3n) is 5.46. The van der Waals surface area contributed by atoms with Crippen LogP contribution in [0.15, 0.2) is 14.3 Å². The minimum absolute atomic E-state index is 0.580. The summed E-state index contributed by atoms with van der Waals surface area (Å²) in [6, 6.07) is 2.88. The molecule has 1 N–H and O–H groups in total. The molecule has 1 heterocycles. The molecule has 3 aliphatic rings. The van der Waals surface area contributed by atoms with Crippen LogP contribution in [0, 0.1) is 29.6 Å². The number of hydrogen-bond acceptors (Lipinski definition) is 2. The van der Waals surface area contributed by atoms with E-state index in [9.17, 15) is 0 Å². The van der Waals surface area contributed by atoms with Gasteiger partial charge in [0.25, 0.3) is 0 Å². The number of halogens is 2. The summed E-state index contributed by atoms with van der Waals surface area (Å²) in [5, 5.41) is 3.59. The van der Waals surface area contributed by atoms with Gasteiger partial charge in [-0.15, -0.1) is 11.3 Å². The molecular weight excluding hydrogens is 374 g/mol. The quantitative estimate of drug-likeness (QED) is 0.779. The van der Waals surface area contributed by atoms with Crippen molar-refractivity contribution in [2.45, 2.75) is 25.3 Å². The summed E-state index contributed by atoms with van der Waals surface area (Å²) < 4.78 is 2.43. The van der Waals surface area contributed by atoms with Gasteiger partial charge in [0.15, 0.2) is 0 Å². The first-order valence-electron chi connectivity index (χ1n) is 6.82. The van der Waals surface area contributed by atoms with Gasteiger partial charge in [0.1, 0.15) is 0 Å². The molecule has 3 aliphatic carbocycles. The lowest BCUT2D eigenvalue weighted by atomic mass is 9.96. The Hall–Kier alpha value is 0.620. The molecule has 0 radical (unpaired) electrons. The molecule has 1 nitrogen and oxygen atoms in total. The molecule has 98 valence electrons. The molecule has 0 amide bonds. The molecule has 0 saturated heterocycles. The van der Waals surface area contributed by atoms with Crippen molar-refractivity contribution < 1.29 is 0 Å². The first-order chi connectivity index (χ1) is 8.70. The van der Waals surface area contributed by atoms with Gasteiger partial charge >= 0.3 is 0 Å². The third kappa shape index (κ3) is 1.65. The van der Waals surface area contributed by atoms with E-state index in [1.807, 2.05) is 11.3 Å². The van der Waals surface area contributed by atoms with Crippen molar-refractivity contribution in [3.05, 3.63) is 19.2 Å². The van der Waals surface area contributed by atoms with Gasteiger partial charge in [-0.2, -0.15) is 0 Å². The Kier molecular flexibility index (Phi) is 2.96. The maximum atomic E-state index is 3.62. The molecule has 1 aromatic rings. The first-order valence-corrected chi connectivity index (χ1v) is 9.23. The predicted octanol–water partition coefficient (Wildman–Crippen LogP) is 4.83. The molecule has 5 unspecified atom stereocenters. The number of hydrogen-bond donors (Lipinski definition) is 1. The second-order valence-electron chi connectivity index (χ2n) is 6.10. The summed E-state index contributed by atoms with van der Waals surface area (Å²) in [5.74, 6) is 5.13. The second-order valence-corrected chi connectivity index (χ2v) is 9.36. The molecule has 4 rings (SSSR count). The van der Waals surface area contributed by atoms with Crippen LogP contribution < -0.4 is 5.32 Å². The van der Waals surface area contributed by atoms with Crippen LogP contribution in [0.4, 0.5) is 0 Å². The van der Waals surface area contributed by atoms with E-state index in [0.717, 1.165) is 29.6 Å². The SMILES string of the molecule is CNC(c1cc(Br)c(Br)s1)C1C2C3CCC(C3)C21. The number of fused-ring (bicyclic) bond motifs is 5. The first kappa shape index (κ1) is 12.4. The molecular formula is C14H17Br2NS. The highest BCUT2D eigenvalue weighted by Gasteiger charge is 2.66. The van der Waals surface area contributed by atoms with Crippen molar-refractivity contribution in [2.75, 3.05) is 7.05 Å². The summed E-state index contributed by atoms with van der Waals surface area (Å²) in [6.45, 7) is 0. The van der Waals surface area contributed by atoms with E-state index < -0.39 is 0 Å². The zero-order valence-electron chi connectivity index (χ0n) is 10.3. The average Bonchev–Trinajstić information content (AvgIpc) is 2.69. The summed E-state index contributed by atoms with van der Waals surface area (Å²) in [4.78, 5) is 1.50. The molecule has 2 bridgehead atoms. The van der Waals surface area contributed by atoms with E-state index in [1.165, 1.54) is 26.0 Å². The Morgan fingerprint density at radius 1 is 1.28 bits per heavy atom. The highest BCUT2D eigenvalue weighted by molar-refractivity contribution is 9.13. The molecule has 18 heavy (non-hydrogen) atoms. The van der Waals surface area contributed by atoms with Crippen LogP contribution in [0.3, 0.4) is 0 Å². The molecule has 0 aliphatic heterocycles. The predicted molar refractivity (Wildman–Crippen MR) is 82.8 cm³/mol. The Balaban J connectivity index is 1.60. The largest absolute Gasteiger partial charge is 0.312 e. The summed E-state index contributed by atoms with van der Waals surface area (Å²) in [7, 11) is 2.13. The highest BCUT2D eigenvalue weighted by Crippen LogP contribution is 2.72. The molecule has 5 atom stereocenters. The van der Waals surface area contributed by atoms with Crippen LogP contribution in [0.25, 0.3) is 0 Å². The van der Waals surface area contributed by atoms with E-state index in [0.29, 0.717) is 6.04 Å². The molecule has 0 aromatic carbocycles. The maximum absolute atomic E-state index is 3.62. The van der Waals surface area contributed by atoms with Gasteiger partial charge in [-0.1, -0.05) is 0 Å². The third-order valence-corrected chi connectivity index (χ3v) is 8.80. The lowest BCUT2D eigenvalue weighted by Crippen LogP contribution is -2.20. The summed E-state index contributed by atoms with van der Waals surface area (Å²) >= 11 is 9.12. The fraction of sp³-hybridized carbons (Fsp3) is 0.714. The van der Waals surface area contributed by atoms with Crippen LogP contribution in [0.2, 0.25) is 0 Å². The summed E-state index contributed by atoms with van der Waals surface area (Å²) in [5.41, 5.74) is 0. The van der Waals surface area contributed by atoms with Gasteiger partial charge in [-0.25, -0.2) is 0 Å².